The molecule has 1 aromatic rings. The van der Waals surface area contributed by atoms with Crippen molar-refractivity contribution in [3.8, 4) is 5.75 Å². The topological polar surface area (TPSA) is 52.3 Å². The summed E-state index contributed by atoms with van der Waals surface area (Å²) in [5.41, 5.74) is 5.39. The van der Waals surface area contributed by atoms with Crippen molar-refractivity contribution < 1.29 is 9.53 Å². The molecule has 1 rings (SSSR count). The number of ether oxygens (including phenoxy) is 1. The van der Waals surface area contributed by atoms with E-state index in [1.54, 1.807) is 6.07 Å². The van der Waals surface area contributed by atoms with Gasteiger partial charge in [0.15, 0.2) is 0 Å². The van der Waals surface area contributed by atoms with Crippen LogP contribution in [0, 0.1) is 0 Å². The molecule has 0 spiro atoms. The summed E-state index contributed by atoms with van der Waals surface area (Å²) in [5, 5.41) is 0.426. The molecule has 0 aromatic heterocycles. The van der Waals surface area contributed by atoms with Crippen molar-refractivity contribution in [2.45, 2.75) is 0 Å². The van der Waals surface area contributed by atoms with Crippen molar-refractivity contribution in [3.05, 3.63) is 27.2 Å². The van der Waals surface area contributed by atoms with E-state index in [-0.39, 0.29) is 5.56 Å². The van der Waals surface area contributed by atoms with Gasteiger partial charge < -0.3 is 10.5 Å². The van der Waals surface area contributed by atoms with Gasteiger partial charge in [-0.2, -0.15) is 0 Å². The van der Waals surface area contributed by atoms with E-state index in [0.29, 0.717) is 15.2 Å². The maximum Gasteiger partial charge on any atom is 0.252 e. The summed E-state index contributed by atoms with van der Waals surface area (Å²) in [6.45, 7) is 0. The van der Waals surface area contributed by atoms with Gasteiger partial charge in [-0.15, -0.1) is 0 Å². The van der Waals surface area contributed by atoms with Crippen LogP contribution in [0.5, 0.6) is 5.75 Å². The second kappa shape index (κ2) is 3.98. The van der Waals surface area contributed by atoms with E-state index in [2.05, 4.69) is 15.9 Å². The lowest BCUT2D eigenvalue weighted by Crippen LogP contribution is -2.12. The van der Waals surface area contributed by atoms with Crippen molar-refractivity contribution >= 4 is 33.4 Å². The lowest BCUT2D eigenvalue weighted by atomic mass is 10.2. The predicted octanol–water partition coefficient (Wildman–Crippen LogP) is 2.21. The maximum atomic E-state index is 10.9. The highest BCUT2D eigenvalue weighted by molar-refractivity contribution is 9.10. The average Bonchev–Trinajstić information content (AvgIpc) is 2.08. The number of primary amides is 1. The Labute approximate surface area is 88.9 Å². The van der Waals surface area contributed by atoms with Crippen molar-refractivity contribution in [3.63, 3.8) is 0 Å². The van der Waals surface area contributed by atoms with Crippen LogP contribution in [0.25, 0.3) is 0 Å². The fourth-order valence-electron chi connectivity index (χ4n) is 0.890. The Balaban J connectivity index is 3.33. The molecule has 0 atom stereocenters. The zero-order chi connectivity index (χ0) is 10.0. The van der Waals surface area contributed by atoms with Crippen molar-refractivity contribution in [1.82, 2.24) is 0 Å². The lowest BCUT2D eigenvalue weighted by molar-refractivity contribution is 0.0997. The molecular weight excluding hydrogens is 257 g/mol. The molecule has 0 unspecified atom stereocenters. The smallest absolute Gasteiger partial charge is 0.252 e. The third kappa shape index (κ3) is 2.14. The third-order valence-electron chi connectivity index (χ3n) is 1.51. The molecule has 0 aliphatic rings. The van der Waals surface area contributed by atoms with Gasteiger partial charge in [0.05, 0.1) is 17.7 Å². The Morgan fingerprint density at radius 2 is 2.23 bits per heavy atom. The summed E-state index contributed by atoms with van der Waals surface area (Å²) in [4.78, 5) is 10.9. The molecule has 70 valence electrons. The minimum Gasteiger partial charge on any atom is -0.496 e. The van der Waals surface area contributed by atoms with E-state index in [1.165, 1.54) is 13.2 Å². The molecule has 0 bridgehead atoms. The molecular formula is C8H7BrClNO2. The zero-order valence-corrected chi connectivity index (χ0v) is 9.15. The molecule has 0 radical (unpaired) electrons. The predicted molar refractivity (Wildman–Crippen MR) is 54.2 cm³/mol. The van der Waals surface area contributed by atoms with Gasteiger partial charge in [-0.25, -0.2) is 0 Å². The second-order valence-electron chi connectivity index (χ2n) is 2.33. The van der Waals surface area contributed by atoms with E-state index in [1.807, 2.05) is 0 Å². The van der Waals surface area contributed by atoms with Gasteiger partial charge in [-0.05, 0) is 28.1 Å². The summed E-state index contributed by atoms with van der Waals surface area (Å²) < 4.78 is 5.62. The Morgan fingerprint density at radius 3 is 2.69 bits per heavy atom. The highest BCUT2D eigenvalue weighted by Crippen LogP contribution is 2.30. The highest BCUT2D eigenvalue weighted by atomic mass is 79.9. The number of methoxy groups -OCH3 is 1. The van der Waals surface area contributed by atoms with E-state index in [9.17, 15) is 4.79 Å². The van der Waals surface area contributed by atoms with Crippen molar-refractivity contribution in [2.75, 3.05) is 7.11 Å². The second-order valence-corrected chi connectivity index (χ2v) is 3.59. The van der Waals surface area contributed by atoms with Crippen LogP contribution >= 0.6 is 27.5 Å². The minimum absolute atomic E-state index is 0.274. The third-order valence-corrected chi connectivity index (χ3v) is 2.70. The van der Waals surface area contributed by atoms with Crippen LogP contribution in [0.4, 0.5) is 0 Å². The lowest BCUT2D eigenvalue weighted by Gasteiger charge is -2.06. The van der Waals surface area contributed by atoms with Crippen LogP contribution in [0.2, 0.25) is 5.02 Å². The van der Waals surface area contributed by atoms with E-state index in [0.717, 1.165) is 0 Å². The largest absolute Gasteiger partial charge is 0.496 e. The average molecular weight is 265 g/mol. The van der Waals surface area contributed by atoms with E-state index in [4.69, 9.17) is 22.1 Å². The summed E-state index contributed by atoms with van der Waals surface area (Å²) in [6.07, 6.45) is 0. The molecule has 5 heteroatoms. The number of nitrogens with two attached hydrogens (primary N) is 1. The SMILES string of the molecule is COc1cc(Br)c(Cl)cc1C(N)=O. The van der Waals surface area contributed by atoms with Crippen LogP contribution in [-0.4, -0.2) is 13.0 Å². The van der Waals surface area contributed by atoms with Crippen molar-refractivity contribution in [1.29, 1.82) is 0 Å². The number of halogens is 2. The quantitative estimate of drug-likeness (QED) is 0.890. The van der Waals surface area contributed by atoms with Gasteiger partial charge in [-0.1, -0.05) is 11.6 Å². The minimum atomic E-state index is -0.564. The van der Waals surface area contributed by atoms with Gasteiger partial charge in [-0.3, -0.25) is 4.79 Å². The molecule has 13 heavy (non-hydrogen) atoms. The summed E-state index contributed by atoms with van der Waals surface area (Å²) >= 11 is 8.98. The van der Waals surface area contributed by atoms with Crippen LogP contribution < -0.4 is 10.5 Å². The van der Waals surface area contributed by atoms with Crippen LogP contribution in [0.3, 0.4) is 0 Å². The molecule has 0 aliphatic heterocycles. The number of rotatable bonds is 2. The molecule has 1 aromatic carbocycles. The van der Waals surface area contributed by atoms with Crippen molar-refractivity contribution in [2.24, 2.45) is 5.73 Å². The fourth-order valence-corrected chi connectivity index (χ4v) is 1.38. The van der Waals surface area contributed by atoms with Crippen LogP contribution in [-0.2, 0) is 0 Å². The van der Waals surface area contributed by atoms with Gasteiger partial charge in [0.1, 0.15) is 5.75 Å². The maximum absolute atomic E-state index is 10.9. The number of carbonyl (C=O) groups is 1. The summed E-state index contributed by atoms with van der Waals surface area (Å²) in [6, 6.07) is 3.06. The molecule has 0 saturated carbocycles. The molecule has 0 aliphatic carbocycles. The molecule has 0 heterocycles. The van der Waals surface area contributed by atoms with Gasteiger partial charge in [0.2, 0.25) is 0 Å². The Hall–Kier alpha value is -0.740. The Kier molecular flexibility index (Phi) is 3.17. The number of carbonyl (C=O) groups excluding carboxylic acids is 1. The van der Waals surface area contributed by atoms with Gasteiger partial charge in [0, 0.05) is 4.47 Å². The highest BCUT2D eigenvalue weighted by Gasteiger charge is 2.11. The normalized spacial score (nSPS) is 9.77. The molecule has 0 fully saturated rings. The van der Waals surface area contributed by atoms with Crippen LogP contribution in [0.15, 0.2) is 16.6 Å². The zero-order valence-electron chi connectivity index (χ0n) is 6.80. The van der Waals surface area contributed by atoms with Gasteiger partial charge in [0.25, 0.3) is 5.91 Å². The fraction of sp³-hybridized carbons (Fsp3) is 0.125. The first kappa shape index (κ1) is 10.3. The monoisotopic (exact) mass is 263 g/mol. The van der Waals surface area contributed by atoms with Crippen LogP contribution in [0.1, 0.15) is 10.4 Å². The standard InChI is InChI=1S/C8H7BrClNO2/c1-13-7-3-5(9)6(10)2-4(7)8(11)12/h2-3H,1H3,(H2,11,12). The summed E-state index contributed by atoms with van der Waals surface area (Å²) in [7, 11) is 1.46. The van der Waals surface area contributed by atoms with Gasteiger partial charge >= 0.3 is 0 Å². The Bertz CT molecular complexity index is 354. The summed E-state index contributed by atoms with van der Waals surface area (Å²) in [5.74, 6) is -0.157. The number of amides is 1. The van der Waals surface area contributed by atoms with E-state index >= 15 is 0 Å². The molecule has 0 saturated heterocycles. The molecule has 2 N–H and O–H groups in total. The first-order valence-corrected chi connectivity index (χ1v) is 4.56. The number of hydrogen-bond acceptors (Lipinski definition) is 2. The molecule has 1 amide bonds. The Morgan fingerprint density at radius 1 is 1.62 bits per heavy atom. The first-order chi connectivity index (χ1) is 6.06. The van der Waals surface area contributed by atoms with E-state index < -0.39 is 5.91 Å². The number of hydrogen-bond donors (Lipinski definition) is 1. The molecule has 3 nitrogen and oxygen atoms in total. The number of benzene rings is 1. The first-order valence-electron chi connectivity index (χ1n) is 3.39.